The Labute approximate surface area is 332 Å². The maximum Gasteiger partial charge on any atom is 0.306 e. The van der Waals surface area contributed by atoms with Crippen molar-refractivity contribution in [2.45, 2.75) is 168 Å². The van der Waals surface area contributed by atoms with Crippen molar-refractivity contribution in [3.8, 4) is 0 Å². The van der Waals surface area contributed by atoms with E-state index in [1.54, 1.807) is 0 Å². The summed E-state index contributed by atoms with van der Waals surface area (Å²) in [7, 11) is 0. The average molecular weight is 747 g/mol. The molecule has 0 fully saturated rings. The van der Waals surface area contributed by atoms with Gasteiger partial charge in [-0.1, -0.05) is 156 Å². The second kappa shape index (κ2) is 44.0. The predicted octanol–water partition coefficient (Wildman–Crippen LogP) is 14.1. The zero-order valence-electron chi connectivity index (χ0n) is 34.7. The van der Waals surface area contributed by atoms with E-state index < -0.39 is 6.10 Å². The van der Waals surface area contributed by atoms with Gasteiger partial charge in [0.25, 0.3) is 0 Å². The second-order valence-corrected chi connectivity index (χ2v) is 13.5. The van der Waals surface area contributed by atoms with Crippen LogP contribution < -0.4 is 0 Å². The Morgan fingerprint density at radius 2 is 0.833 bits per heavy atom. The molecule has 0 spiro atoms. The maximum atomic E-state index is 12.5. The molecule has 0 saturated carbocycles. The van der Waals surface area contributed by atoms with Crippen molar-refractivity contribution in [3.63, 3.8) is 0 Å². The van der Waals surface area contributed by atoms with Crippen LogP contribution in [0.25, 0.3) is 0 Å². The molecule has 1 unspecified atom stereocenters. The number of carbonyl (C=O) groups excluding carboxylic acids is 2. The summed E-state index contributed by atoms with van der Waals surface area (Å²) < 4.78 is 17.1. The molecule has 0 amide bonds. The van der Waals surface area contributed by atoms with Gasteiger partial charge >= 0.3 is 11.9 Å². The van der Waals surface area contributed by atoms with Gasteiger partial charge < -0.3 is 14.2 Å². The van der Waals surface area contributed by atoms with Crippen LogP contribution in [-0.2, 0) is 23.8 Å². The van der Waals surface area contributed by atoms with E-state index in [1.165, 1.54) is 12.8 Å². The van der Waals surface area contributed by atoms with Crippen LogP contribution in [0.5, 0.6) is 0 Å². The summed E-state index contributed by atoms with van der Waals surface area (Å²) in [6.07, 6.45) is 59.8. The van der Waals surface area contributed by atoms with Crippen LogP contribution in [0.1, 0.15) is 162 Å². The summed E-state index contributed by atoms with van der Waals surface area (Å²) in [5, 5.41) is 0. The molecule has 0 N–H and O–H groups in total. The first kappa shape index (κ1) is 50.6. The van der Waals surface area contributed by atoms with Gasteiger partial charge in [0.05, 0.1) is 6.61 Å². The summed E-state index contributed by atoms with van der Waals surface area (Å²) in [5.41, 5.74) is 0. The molecule has 0 aromatic rings. The zero-order valence-corrected chi connectivity index (χ0v) is 34.7. The normalized spacial score (nSPS) is 13.3. The lowest BCUT2D eigenvalue weighted by molar-refractivity contribution is -0.163. The molecule has 1 atom stereocenters. The van der Waals surface area contributed by atoms with Gasteiger partial charge in [-0.25, -0.2) is 0 Å². The van der Waals surface area contributed by atoms with Gasteiger partial charge in [-0.05, 0) is 103 Å². The number of unbranched alkanes of at least 4 members (excludes halogenated alkanes) is 8. The van der Waals surface area contributed by atoms with Crippen molar-refractivity contribution < 1.29 is 23.8 Å². The van der Waals surface area contributed by atoms with E-state index in [1.807, 2.05) is 0 Å². The quantitative estimate of drug-likeness (QED) is 0.0360. The lowest BCUT2D eigenvalue weighted by atomic mass is 10.1. The number of hydrogen-bond acceptors (Lipinski definition) is 5. The van der Waals surface area contributed by atoms with Crippen LogP contribution in [-0.4, -0.2) is 37.9 Å². The molecule has 0 aromatic carbocycles. The van der Waals surface area contributed by atoms with Gasteiger partial charge in [-0.2, -0.15) is 0 Å². The fraction of sp³-hybridized carbons (Fsp3) is 0.592. The van der Waals surface area contributed by atoms with E-state index in [4.69, 9.17) is 14.2 Å². The van der Waals surface area contributed by atoms with Crippen molar-refractivity contribution in [2.75, 3.05) is 19.8 Å². The van der Waals surface area contributed by atoms with Gasteiger partial charge in [0.15, 0.2) is 6.10 Å². The van der Waals surface area contributed by atoms with Crippen molar-refractivity contribution >= 4 is 11.9 Å². The Kier molecular flexibility index (Phi) is 41.2. The van der Waals surface area contributed by atoms with Crippen molar-refractivity contribution in [1.82, 2.24) is 0 Å². The first-order valence-corrected chi connectivity index (χ1v) is 21.4. The third-order valence-electron chi connectivity index (χ3n) is 8.30. The van der Waals surface area contributed by atoms with Crippen molar-refractivity contribution in [3.05, 3.63) is 109 Å². The molecule has 0 rings (SSSR count). The lowest BCUT2D eigenvalue weighted by Gasteiger charge is -2.18. The van der Waals surface area contributed by atoms with E-state index in [9.17, 15) is 9.59 Å². The molecule has 5 heteroatoms. The Hall–Kier alpha value is -3.44. The molecule has 54 heavy (non-hydrogen) atoms. The fourth-order valence-electron chi connectivity index (χ4n) is 5.17. The molecule has 0 aromatic heterocycles. The first-order valence-electron chi connectivity index (χ1n) is 21.4. The molecular weight excluding hydrogens is 669 g/mol. The predicted molar refractivity (Wildman–Crippen MR) is 233 cm³/mol. The fourth-order valence-corrected chi connectivity index (χ4v) is 5.17. The average Bonchev–Trinajstić information content (AvgIpc) is 3.17. The van der Waals surface area contributed by atoms with E-state index in [2.05, 4.69) is 130 Å². The number of hydrogen-bond donors (Lipinski definition) is 0. The van der Waals surface area contributed by atoms with Crippen LogP contribution in [0.2, 0.25) is 0 Å². The molecule has 304 valence electrons. The van der Waals surface area contributed by atoms with Crippen LogP contribution in [0.4, 0.5) is 0 Å². The lowest BCUT2D eigenvalue weighted by Crippen LogP contribution is -2.30. The van der Waals surface area contributed by atoms with Crippen molar-refractivity contribution in [1.29, 1.82) is 0 Å². The molecule has 0 saturated heterocycles. The Balaban J connectivity index is 4.27. The highest BCUT2D eigenvalue weighted by molar-refractivity contribution is 5.70. The Bertz CT molecular complexity index is 1120. The molecule has 0 radical (unpaired) electrons. The smallest absolute Gasteiger partial charge is 0.306 e. The molecule has 0 heterocycles. The minimum absolute atomic E-state index is 0.0390. The minimum Gasteiger partial charge on any atom is -0.462 e. The molecule has 5 nitrogen and oxygen atoms in total. The van der Waals surface area contributed by atoms with Gasteiger partial charge in [-0.3, -0.25) is 9.59 Å². The van der Waals surface area contributed by atoms with E-state index in [0.29, 0.717) is 19.4 Å². The summed E-state index contributed by atoms with van der Waals surface area (Å²) in [6.45, 7) is 7.34. The molecular formula is C49H78O5. The number of ether oxygens (including phenoxy) is 3. The first-order chi connectivity index (χ1) is 26.6. The van der Waals surface area contributed by atoms with E-state index in [-0.39, 0.29) is 25.2 Å². The third kappa shape index (κ3) is 41.3. The van der Waals surface area contributed by atoms with Crippen LogP contribution in [0.3, 0.4) is 0 Å². The Morgan fingerprint density at radius 1 is 0.426 bits per heavy atom. The zero-order chi connectivity index (χ0) is 39.3. The van der Waals surface area contributed by atoms with Crippen LogP contribution in [0, 0.1) is 0 Å². The number of allylic oxidation sites excluding steroid dienone is 18. The molecule has 0 bridgehead atoms. The van der Waals surface area contributed by atoms with E-state index >= 15 is 0 Å². The summed E-state index contributed by atoms with van der Waals surface area (Å²) in [5.74, 6) is -0.495. The topological polar surface area (TPSA) is 61.8 Å². The largest absolute Gasteiger partial charge is 0.462 e. The van der Waals surface area contributed by atoms with Gasteiger partial charge in [-0.15, -0.1) is 0 Å². The Morgan fingerprint density at radius 3 is 1.31 bits per heavy atom. The van der Waals surface area contributed by atoms with Crippen LogP contribution >= 0.6 is 0 Å². The highest BCUT2D eigenvalue weighted by Crippen LogP contribution is 2.09. The standard InChI is InChI=1S/C49H78O5/c1-4-7-10-13-15-17-19-21-23-24-25-27-29-31-33-35-38-41-44-52-45-47(54-49(51)43-40-36-12-9-6-3)46-53-48(50)42-39-37-34-32-30-28-26-22-20-18-16-14-11-8-5-2/h7-8,10-11,15-18,21-23,25-27,30-33,47H,4-6,9,12-14,19-20,24,28-29,34-46H2,1-3H3/b10-7-,11-8-,17-15-,18-16-,23-21-,26-22-,27-25-,32-30-,33-31-. The molecule has 0 aliphatic carbocycles. The van der Waals surface area contributed by atoms with Crippen LogP contribution in [0.15, 0.2) is 109 Å². The summed E-state index contributed by atoms with van der Waals surface area (Å²) in [4.78, 5) is 25.0. The van der Waals surface area contributed by atoms with Gasteiger partial charge in [0.2, 0.25) is 0 Å². The van der Waals surface area contributed by atoms with Gasteiger partial charge in [0.1, 0.15) is 6.61 Å². The highest BCUT2D eigenvalue weighted by Gasteiger charge is 2.17. The maximum absolute atomic E-state index is 12.5. The van der Waals surface area contributed by atoms with E-state index in [0.717, 1.165) is 116 Å². The SMILES string of the molecule is CC/C=C\C/C=C\C/C=C\C/C=C\C/C=C\CCCCOCC(COC(=O)CCCC/C=C\C/C=C\C/C=C\C/C=C\CC)OC(=O)CCCCCCC. The van der Waals surface area contributed by atoms with Crippen molar-refractivity contribution in [2.24, 2.45) is 0 Å². The third-order valence-corrected chi connectivity index (χ3v) is 8.30. The van der Waals surface area contributed by atoms with Gasteiger partial charge in [0, 0.05) is 19.4 Å². The minimum atomic E-state index is -0.576. The number of esters is 2. The second-order valence-electron chi connectivity index (χ2n) is 13.5. The summed E-state index contributed by atoms with van der Waals surface area (Å²) >= 11 is 0. The number of carbonyl (C=O) groups is 2. The molecule has 0 aliphatic rings. The highest BCUT2D eigenvalue weighted by atomic mass is 16.6. The number of rotatable bonds is 37. The molecule has 0 aliphatic heterocycles. The monoisotopic (exact) mass is 747 g/mol. The summed E-state index contributed by atoms with van der Waals surface area (Å²) in [6, 6.07) is 0.